The number of urea groups is 1. The highest BCUT2D eigenvalue weighted by molar-refractivity contribution is 6.14. The number of hydrogen-bond donors (Lipinski definition) is 2. The van der Waals surface area contributed by atoms with E-state index < -0.39 is 12.2 Å². The zero-order valence-electron chi connectivity index (χ0n) is 20.9. The van der Waals surface area contributed by atoms with Gasteiger partial charge in [0.15, 0.2) is 0 Å². The van der Waals surface area contributed by atoms with Gasteiger partial charge in [0, 0.05) is 37.9 Å². The van der Waals surface area contributed by atoms with E-state index in [0.29, 0.717) is 12.2 Å². The SMILES string of the molecule is Cc1cccc(NC(=O)N[C@@H]2N=C(CN3CC4CCC(CC4)C3)c3cccc(C)c3N(C)C2=O)c1. The van der Waals surface area contributed by atoms with Gasteiger partial charge >= 0.3 is 6.03 Å². The second kappa shape index (κ2) is 9.82. The Bertz CT molecular complexity index is 1140. The highest BCUT2D eigenvalue weighted by Crippen LogP contribution is 2.35. The van der Waals surface area contributed by atoms with Crippen molar-refractivity contribution in [2.75, 3.05) is 36.9 Å². The van der Waals surface area contributed by atoms with Crippen LogP contribution in [0, 0.1) is 25.7 Å². The molecular weight excluding hydrogens is 438 g/mol. The van der Waals surface area contributed by atoms with E-state index in [1.54, 1.807) is 11.9 Å². The number of aryl methyl sites for hydroxylation is 2. The molecule has 3 aliphatic heterocycles. The van der Waals surface area contributed by atoms with E-state index in [2.05, 4.69) is 15.5 Å². The van der Waals surface area contributed by atoms with E-state index in [1.807, 2.05) is 56.3 Å². The number of benzene rings is 2. The molecule has 1 saturated carbocycles. The fraction of sp³-hybridized carbons (Fsp3) is 0.464. The van der Waals surface area contributed by atoms with Crippen molar-refractivity contribution in [3.63, 3.8) is 0 Å². The van der Waals surface area contributed by atoms with Gasteiger partial charge in [-0.3, -0.25) is 14.7 Å². The Morgan fingerprint density at radius 3 is 2.40 bits per heavy atom. The van der Waals surface area contributed by atoms with E-state index in [-0.39, 0.29) is 5.91 Å². The third-order valence-electron chi connectivity index (χ3n) is 7.65. The van der Waals surface area contributed by atoms with Gasteiger partial charge in [-0.05, 0) is 74.6 Å². The molecule has 7 heteroatoms. The third-order valence-corrected chi connectivity index (χ3v) is 7.65. The minimum atomic E-state index is -0.990. The molecule has 0 spiro atoms. The molecule has 2 saturated heterocycles. The quantitative estimate of drug-likeness (QED) is 0.694. The van der Waals surface area contributed by atoms with Crippen molar-refractivity contribution in [1.82, 2.24) is 10.2 Å². The van der Waals surface area contributed by atoms with Crippen LogP contribution in [0.5, 0.6) is 0 Å². The molecule has 0 unspecified atom stereocenters. The number of anilines is 2. The maximum atomic E-state index is 13.5. The number of nitrogens with zero attached hydrogens (tertiary/aromatic N) is 3. The predicted octanol–water partition coefficient (Wildman–Crippen LogP) is 4.34. The largest absolute Gasteiger partial charge is 0.321 e. The number of carbonyl (C=O) groups excluding carboxylic acids is 2. The van der Waals surface area contributed by atoms with Crippen LogP contribution in [0.3, 0.4) is 0 Å². The molecule has 3 heterocycles. The van der Waals surface area contributed by atoms with Gasteiger partial charge in [-0.1, -0.05) is 30.3 Å². The summed E-state index contributed by atoms with van der Waals surface area (Å²) in [5.74, 6) is 1.25. The molecule has 4 aliphatic rings. The predicted molar refractivity (Wildman–Crippen MR) is 140 cm³/mol. The molecule has 3 fully saturated rings. The van der Waals surface area contributed by atoms with E-state index >= 15 is 0 Å². The molecule has 6 rings (SSSR count). The Morgan fingerprint density at radius 2 is 1.71 bits per heavy atom. The van der Waals surface area contributed by atoms with E-state index in [1.165, 1.54) is 25.7 Å². The molecule has 1 atom stereocenters. The molecule has 7 nitrogen and oxygen atoms in total. The van der Waals surface area contributed by atoms with Gasteiger partial charge in [0.25, 0.3) is 5.91 Å². The van der Waals surface area contributed by atoms with Crippen LogP contribution in [0.1, 0.15) is 42.4 Å². The van der Waals surface area contributed by atoms with Crippen molar-refractivity contribution >= 4 is 29.0 Å². The van der Waals surface area contributed by atoms with Crippen LogP contribution in [0.2, 0.25) is 0 Å². The lowest BCUT2D eigenvalue weighted by atomic mass is 9.84. The second-order valence-electron chi connectivity index (χ2n) is 10.4. The summed E-state index contributed by atoms with van der Waals surface area (Å²) in [5, 5.41) is 5.67. The summed E-state index contributed by atoms with van der Waals surface area (Å²) in [6.45, 7) is 6.82. The standard InChI is InChI=1S/C28H35N5O2/c1-18-6-4-8-22(14-18)29-28(35)31-26-27(34)32(3)25-19(2)7-5-9-23(25)24(30-26)17-33-15-20-10-11-21(16-33)13-12-20/h4-9,14,20-21,26H,10-13,15-17H2,1-3H3,(H2,29,31,35)/t20?,21?,26-/m0/s1. The minimum absolute atomic E-state index is 0.245. The van der Waals surface area contributed by atoms with Crippen molar-refractivity contribution in [3.8, 4) is 0 Å². The first-order chi connectivity index (χ1) is 16.9. The summed E-state index contributed by atoms with van der Waals surface area (Å²) in [6, 6.07) is 13.2. The van der Waals surface area contributed by atoms with Crippen LogP contribution in [0.25, 0.3) is 0 Å². The second-order valence-corrected chi connectivity index (χ2v) is 10.4. The van der Waals surface area contributed by atoms with Gasteiger partial charge in [0.1, 0.15) is 0 Å². The van der Waals surface area contributed by atoms with Crippen molar-refractivity contribution in [2.45, 2.75) is 45.7 Å². The van der Waals surface area contributed by atoms with E-state index in [4.69, 9.17) is 4.99 Å². The molecule has 0 aromatic heterocycles. The molecular formula is C28H35N5O2. The molecule has 2 aromatic carbocycles. The number of likely N-dealkylation sites (N-methyl/N-ethyl adjacent to an activating group) is 1. The van der Waals surface area contributed by atoms with Gasteiger partial charge in [0.2, 0.25) is 6.17 Å². The number of hydrogen-bond acceptors (Lipinski definition) is 4. The molecule has 0 radical (unpaired) electrons. The summed E-state index contributed by atoms with van der Waals surface area (Å²) in [7, 11) is 1.77. The highest BCUT2D eigenvalue weighted by Gasteiger charge is 2.34. The van der Waals surface area contributed by atoms with Crippen LogP contribution in [0.15, 0.2) is 47.5 Å². The average molecular weight is 474 g/mol. The Labute approximate surface area is 207 Å². The molecule has 3 amide bonds. The number of carbonyl (C=O) groups is 2. The monoisotopic (exact) mass is 473 g/mol. The van der Waals surface area contributed by atoms with Gasteiger partial charge < -0.3 is 15.5 Å². The summed E-state index contributed by atoms with van der Waals surface area (Å²) >= 11 is 0. The van der Waals surface area contributed by atoms with Gasteiger partial charge in [-0.15, -0.1) is 0 Å². The van der Waals surface area contributed by atoms with Crippen LogP contribution in [0.4, 0.5) is 16.2 Å². The van der Waals surface area contributed by atoms with Crippen LogP contribution < -0.4 is 15.5 Å². The van der Waals surface area contributed by atoms with Crippen LogP contribution in [-0.2, 0) is 4.79 Å². The number of rotatable bonds is 4. The lowest BCUT2D eigenvalue weighted by molar-refractivity contribution is -0.119. The van der Waals surface area contributed by atoms with Crippen LogP contribution in [-0.4, -0.2) is 55.4 Å². The summed E-state index contributed by atoms with van der Waals surface area (Å²) in [5.41, 5.74) is 5.46. The molecule has 2 bridgehead atoms. The summed E-state index contributed by atoms with van der Waals surface area (Å²) < 4.78 is 0. The summed E-state index contributed by atoms with van der Waals surface area (Å²) in [6.07, 6.45) is 4.26. The lowest BCUT2D eigenvalue weighted by Gasteiger charge is -2.25. The zero-order chi connectivity index (χ0) is 24.5. The molecule has 1 aliphatic carbocycles. The minimum Gasteiger partial charge on any atom is -0.311 e. The first-order valence-corrected chi connectivity index (χ1v) is 12.7. The van der Waals surface area contributed by atoms with Crippen LogP contribution >= 0.6 is 0 Å². The average Bonchev–Trinajstić information content (AvgIpc) is 3.18. The van der Waals surface area contributed by atoms with E-state index in [0.717, 1.165) is 53.0 Å². The van der Waals surface area contributed by atoms with Crippen molar-refractivity contribution in [3.05, 3.63) is 59.2 Å². The fourth-order valence-electron chi connectivity index (χ4n) is 5.89. The molecule has 35 heavy (non-hydrogen) atoms. The van der Waals surface area contributed by atoms with E-state index in [9.17, 15) is 9.59 Å². The number of fused-ring (bicyclic) bond motifs is 5. The molecule has 2 aromatic rings. The third kappa shape index (κ3) is 5.10. The highest BCUT2D eigenvalue weighted by atomic mass is 16.2. The first kappa shape index (κ1) is 23.5. The maximum Gasteiger partial charge on any atom is 0.321 e. The fourth-order valence-corrected chi connectivity index (χ4v) is 5.89. The van der Waals surface area contributed by atoms with Gasteiger partial charge in [-0.25, -0.2) is 4.79 Å². The Hall–Kier alpha value is -3.19. The van der Waals surface area contributed by atoms with Crippen molar-refractivity contribution in [2.24, 2.45) is 16.8 Å². The van der Waals surface area contributed by atoms with Gasteiger partial charge in [-0.2, -0.15) is 0 Å². The number of benzodiazepines with no additional fused rings is 1. The topological polar surface area (TPSA) is 77.0 Å². The van der Waals surface area contributed by atoms with Crippen molar-refractivity contribution in [1.29, 1.82) is 0 Å². The number of aliphatic imine (C=N–C) groups is 1. The van der Waals surface area contributed by atoms with Crippen molar-refractivity contribution < 1.29 is 9.59 Å². The smallest absolute Gasteiger partial charge is 0.311 e. The normalized spacial score (nSPS) is 24.3. The molecule has 184 valence electrons. The number of amides is 3. The first-order valence-electron chi connectivity index (χ1n) is 12.7. The Balaban J connectivity index is 1.43. The summed E-state index contributed by atoms with van der Waals surface area (Å²) in [4.78, 5) is 35.4. The Morgan fingerprint density at radius 1 is 1.03 bits per heavy atom. The lowest BCUT2D eigenvalue weighted by Crippen LogP contribution is -2.47. The zero-order valence-corrected chi connectivity index (χ0v) is 20.9. The number of nitrogens with one attached hydrogen (secondary N) is 2. The Kier molecular flexibility index (Phi) is 6.60. The van der Waals surface area contributed by atoms with Gasteiger partial charge in [0.05, 0.1) is 11.4 Å². The maximum absolute atomic E-state index is 13.5. The molecule has 2 N–H and O–H groups in total. The number of para-hydroxylation sites is 1.